The summed E-state index contributed by atoms with van der Waals surface area (Å²) >= 11 is 0. The van der Waals surface area contributed by atoms with Crippen molar-refractivity contribution in [1.29, 1.82) is 5.26 Å². The molecule has 0 aromatic carbocycles. The highest BCUT2D eigenvalue weighted by Crippen LogP contribution is 2.09. The van der Waals surface area contributed by atoms with Crippen molar-refractivity contribution in [1.82, 2.24) is 10.2 Å². The molecule has 1 fully saturated rings. The van der Waals surface area contributed by atoms with Gasteiger partial charge in [0.15, 0.2) is 0 Å². The second-order valence-corrected chi connectivity index (χ2v) is 3.65. The van der Waals surface area contributed by atoms with Gasteiger partial charge >= 0.3 is 0 Å². The van der Waals surface area contributed by atoms with E-state index in [1.807, 2.05) is 6.07 Å². The van der Waals surface area contributed by atoms with Crippen LogP contribution >= 0.6 is 0 Å². The predicted octanol–water partition coefficient (Wildman–Crippen LogP) is -0.527. The molecule has 1 rings (SSSR count). The number of nitrogens with zero attached hydrogens (tertiary/aromatic N) is 2. The van der Waals surface area contributed by atoms with Crippen molar-refractivity contribution in [3.63, 3.8) is 0 Å². The monoisotopic (exact) mass is 211 g/mol. The van der Waals surface area contributed by atoms with Gasteiger partial charge in [0.2, 0.25) is 5.91 Å². The van der Waals surface area contributed by atoms with Crippen molar-refractivity contribution in [2.24, 2.45) is 0 Å². The third-order valence-corrected chi connectivity index (χ3v) is 2.50. The Kier molecular flexibility index (Phi) is 5.08. The zero-order valence-corrected chi connectivity index (χ0v) is 8.78. The van der Waals surface area contributed by atoms with Crippen molar-refractivity contribution >= 4 is 5.91 Å². The van der Waals surface area contributed by atoms with Crippen LogP contribution in [-0.2, 0) is 4.79 Å². The number of rotatable bonds is 5. The summed E-state index contributed by atoms with van der Waals surface area (Å²) in [6, 6.07) is 1.54. The number of likely N-dealkylation sites (tertiary alicyclic amines) is 1. The Morgan fingerprint density at radius 2 is 2.20 bits per heavy atom. The molecule has 1 unspecified atom stereocenters. The van der Waals surface area contributed by atoms with Crippen molar-refractivity contribution in [2.45, 2.75) is 25.3 Å². The maximum Gasteiger partial charge on any atom is 0.225 e. The SMILES string of the molecule is N#CC(CC(=O)N1CCCC1)NCCO. The Morgan fingerprint density at radius 1 is 1.53 bits per heavy atom. The summed E-state index contributed by atoms with van der Waals surface area (Å²) < 4.78 is 0. The minimum absolute atomic E-state index is 0.0178. The largest absolute Gasteiger partial charge is 0.395 e. The first kappa shape index (κ1) is 12.0. The molecule has 5 heteroatoms. The van der Waals surface area contributed by atoms with Gasteiger partial charge in [-0.05, 0) is 12.8 Å². The van der Waals surface area contributed by atoms with E-state index in [1.54, 1.807) is 4.90 Å². The van der Waals surface area contributed by atoms with Gasteiger partial charge in [0, 0.05) is 19.6 Å². The summed E-state index contributed by atoms with van der Waals surface area (Å²) in [4.78, 5) is 13.4. The maximum atomic E-state index is 11.7. The second kappa shape index (κ2) is 6.38. The Labute approximate surface area is 89.7 Å². The molecular formula is C10H17N3O2. The minimum atomic E-state index is -0.481. The Bertz CT molecular complexity index is 244. The lowest BCUT2D eigenvalue weighted by atomic mass is 10.2. The molecule has 1 heterocycles. The zero-order chi connectivity index (χ0) is 11.1. The van der Waals surface area contributed by atoms with Crippen LogP contribution in [0.3, 0.4) is 0 Å². The molecular weight excluding hydrogens is 194 g/mol. The predicted molar refractivity (Wildman–Crippen MR) is 54.9 cm³/mol. The maximum absolute atomic E-state index is 11.7. The van der Waals surface area contributed by atoms with Crippen LogP contribution in [0.4, 0.5) is 0 Å². The van der Waals surface area contributed by atoms with E-state index in [-0.39, 0.29) is 18.9 Å². The number of aliphatic hydroxyl groups excluding tert-OH is 1. The van der Waals surface area contributed by atoms with Gasteiger partial charge in [-0.2, -0.15) is 5.26 Å². The third-order valence-electron chi connectivity index (χ3n) is 2.50. The third kappa shape index (κ3) is 3.86. The summed E-state index contributed by atoms with van der Waals surface area (Å²) in [7, 11) is 0. The molecule has 0 aliphatic carbocycles. The molecule has 84 valence electrons. The second-order valence-electron chi connectivity index (χ2n) is 3.65. The Balaban J connectivity index is 2.31. The van der Waals surface area contributed by atoms with Gasteiger partial charge in [0.25, 0.3) is 0 Å². The highest BCUT2D eigenvalue weighted by molar-refractivity contribution is 5.77. The Hall–Kier alpha value is -1.12. The van der Waals surface area contributed by atoms with Gasteiger partial charge in [-0.25, -0.2) is 0 Å². The summed E-state index contributed by atoms with van der Waals surface area (Å²) in [5, 5.41) is 20.2. The van der Waals surface area contributed by atoms with Crippen LogP contribution in [0.2, 0.25) is 0 Å². The molecule has 0 aromatic heterocycles. The number of hydrogen-bond donors (Lipinski definition) is 2. The fourth-order valence-electron chi connectivity index (χ4n) is 1.67. The molecule has 0 spiro atoms. The van der Waals surface area contributed by atoms with E-state index in [9.17, 15) is 4.79 Å². The van der Waals surface area contributed by atoms with E-state index in [4.69, 9.17) is 10.4 Å². The number of hydrogen-bond acceptors (Lipinski definition) is 4. The van der Waals surface area contributed by atoms with Crippen LogP contribution < -0.4 is 5.32 Å². The first-order chi connectivity index (χ1) is 7.27. The van der Waals surface area contributed by atoms with Gasteiger partial charge in [-0.1, -0.05) is 0 Å². The van der Waals surface area contributed by atoms with E-state index in [2.05, 4.69) is 5.32 Å². The van der Waals surface area contributed by atoms with Gasteiger partial charge in [0.1, 0.15) is 6.04 Å². The highest BCUT2D eigenvalue weighted by atomic mass is 16.3. The summed E-state index contributed by atoms with van der Waals surface area (Å²) in [6.07, 6.45) is 2.33. The van der Waals surface area contributed by atoms with Gasteiger partial charge in [-0.3, -0.25) is 10.1 Å². The lowest BCUT2D eigenvalue weighted by Crippen LogP contribution is -2.37. The molecule has 1 saturated heterocycles. The normalized spacial score (nSPS) is 17.5. The van der Waals surface area contributed by atoms with E-state index >= 15 is 0 Å². The van der Waals surface area contributed by atoms with Crippen molar-refractivity contribution < 1.29 is 9.90 Å². The van der Waals surface area contributed by atoms with Gasteiger partial charge in [-0.15, -0.1) is 0 Å². The zero-order valence-electron chi connectivity index (χ0n) is 8.78. The van der Waals surface area contributed by atoms with Crippen LogP contribution in [0, 0.1) is 11.3 Å². The molecule has 0 bridgehead atoms. The average Bonchev–Trinajstić information content (AvgIpc) is 2.77. The van der Waals surface area contributed by atoms with E-state index in [0.717, 1.165) is 25.9 Å². The minimum Gasteiger partial charge on any atom is -0.395 e. The van der Waals surface area contributed by atoms with Crippen LogP contribution in [0.25, 0.3) is 0 Å². The first-order valence-electron chi connectivity index (χ1n) is 5.29. The van der Waals surface area contributed by atoms with E-state index in [1.165, 1.54) is 0 Å². The van der Waals surface area contributed by atoms with E-state index < -0.39 is 6.04 Å². The topological polar surface area (TPSA) is 76.4 Å². The molecule has 1 aliphatic rings. The molecule has 1 aliphatic heterocycles. The first-order valence-corrected chi connectivity index (χ1v) is 5.29. The summed E-state index contributed by atoms with van der Waals surface area (Å²) in [5.41, 5.74) is 0. The van der Waals surface area contributed by atoms with E-state index in [0.29, 0.717) is 6.54 Å². The smallest absolute Gasteiger partial charge is 0.225 e. The number of nitrogens with one attached hydrogen (secondary N) is 1. The average molecular weight is 211 g/mol. The lowest BCUT2D eigenvalue weighted by molar-refractivity contribution is -0.130. The summed E-state index contributed by atoms with van der Waals surface area (Å²) in [5.74, 6) is 0.0319. The quantitative estimate of drug-likeness (QED) is 0.641. The van der Waals surface area contributed by atoms with Crippen molar-refractivity contribution in [3.05, 3.63) is 0 Å². The molecule has 5 nitrogen and oxygen atoms in total. The van der Waals surface area contributed by atoms with Crippen molar-refractivity contribution in [3.8, 4) is 6.07 Å². The Morgan fingerprint density at radius 3 is 2.73 bits per heavy atom. The van der Waals surface area contributed by atoms with Crippen LogP contribution in [0.5, 0.6) is 0 Å². The van der Waals surface area contributed by atoms with Crippen molar-refractivity contribution in [2.75, 3.05) is 26.2 Å². The highest BCUT2D eigenvalue weighted by Gasteiger charge is 2.21. The standard InChI is InChI=1S/C10H17N3O2/c11-8-9(12-3-6-14)7-10(15)13-4-1-2-5-13/h9,12,14H,1-7H2. The molecule has 2 N–H and O–H groups in total. The number of aliphatic hydroxyl groups is 1. The fraction of sp³-hybridized carbons (Fsp3) is 0.800. The van der Waals surface area contributed by atoms with Crippen LogP contribution in [0.15, 0.2) is 0 Å². The molecule has 0 saturated carbocycles. The van der Waals surface area contributed by atoms with Gasteiger partial charge in [0.05, 0.1) is 19.1 Å². The fourth-order valence-corrected chi connectivity index (χ4v) is 1.67. The molecule has 1 atom stereocenters. The molecule has 0 radical (unpaired) electrons. The molecule has 15 heavy (non-hydrogen) atoms. The van der Waals surface area contributed by atoms with Gasteiger partial charge < -0.3 is 10.0 Å². The molecule has 0 aromatic rings. The number of nitriles is 1. The summed E-state index contributed by atoms with van der Waals surface area (Å²) in [6.45, 7) is 1.97. The van der Waals surface area contributed by atoms with Crippen LogP contribution in [0.1, 0.15) is 19.3 Å². The number of carbonyl (C=O) groups is 1. The van der Waals surface area contributed by atoms with Crippen LogP contribution in [-0.4, -0.2) is 48.2 Å². The molecule has 1 amide bonds. The number of carbonyl (C=O) groups excluding carboxylic acids is 1. The lowest BCUT2D eigenvalue weighted by Gasteiger charge is -2.17. The number of amides is 1.